The van der Waals surface area contributed by atoms with Gasteiger partial charge in [-0.2, -0.15) is 10.5 Å². The second-order valence-electron chi connectivity index (χ2n) is 3.51. The summed E-state index contributed by atoms with van der Waals surface area (Å²) in [6.07, 6.45) is 2.91. The van der Waals surface area contributed by atoms with Gasteiger partial charge in [-0.15, -0.1) is 0 Å². The molecule has 5 nitrogen and oxygen atoms in total. The number of piperidine rings is 1. The van der Waals surface area contributed by atoms with E-state index in [4.69, 9.17) is 10.5 Å². The molecule has 1 atom stereocenters. The number of carbonyl (C=O) groups excluding carboxylic acids is 1. The van der Waals surface area contributed by atoms with Crippen LogP contribution in [0.2, 0.25) is 0 Å². The SMILES string of the molecule is N#CCN(CC#N)C(=O)C1CCCCN1. The first-order chi connectivity index (χ1) is 7.29. The number of hydrogen-bond donors (Lipinski definition) is 1. The molecule has 1 heterocycles. The van der Waals surface area contributed by atoms with Crippen LogP contribution >= 0.6 is 0 Å². The van der Waals surface area contributed by atoms with Crippen molar-refractivity contribution in [3.05, 3.63) is 0 Å². The van der Waals surface area contributed by atoms with Gasteiger partial charge in [0.2, 0.25) is 5.91 Å². The lowest BCUT2D eigenvalue weighted by atomic mass is 10.0. The quantitative estimate of drug-likeness (QED) is 0.659. The zero-order valence-electron chi connectivity index (χ0n) is 8.57. The average molecular weight is 206 g/mol. The smallest absolute Gasteiger partial charge is 0.241 e. The predicted octanol–water partition coefficient (Wildman–Crippen LogP) is 0.00426. The van der Waals surface area contributed by atoms with Crippen LogP contribution in [0.4, 0.5) is 0 Å². The first-order valence-corrected chi connectivity index (χ1v) is 5.05. The van der Waals surface area contributed by atoms with Crippen molar-refractivity contribution in [2.24, 2.45) is 0 Å². The Bertz CT molecular complexity index is 280. The van der Waals surface area contributed by atoms with Crippen molar-refractivity contribution in [3.8, 4) is 12.1 Å². The van der Waals surface area contributed by atoms with E-state index in [1.807, 2.05) is 12.1 Å². The molecule has 1 N–H and O–H groups in total. The molecule has 1 aliphatic rings. The topological polar surface area (TPSA) is 79.9 Å². The molecular formula is C10H14N4O. The summed E-state index contributed by atoms with van der Waals surface area (Å²) in [6.45, 7) is 0.818. The molecule has 5 heteroatoms. The van der Waals surface area contributed by atoms with Crippen molar-refractivity contribution in [3.63, 3.8) is 0 Å². The number of nitrogens with one attached hydrogen (secondary N) is 1. The van der Waals surface area contributed by atoms with Crippen molar-refractivity contribution in [2.45, 2.75) is 25.3 Å². The summed E-state index contributed by atoms with van der Waals surface area (Å²) >= 11 is 0. The Morgan fingerprint density at radius 3 is 2.47 bits per heavy atom. The van der Waals surface area contributed by atoms with Crippen LogP contribution in [-0.4, -0.2) is 36.5 Å². The van der Waals surface area contributed by atoms with Gasteiger partial charge in [0, 0.05) is 0 Å². The van der Waals surface area contributed by atoms with Gasteiger partial charge in [0.25, 0.3) is 0 Å². The summed E-state index contributed by atoms with van der Waals surface area (Å²) in [7, 11) is 0. The molecule has 1 fully saturated rings. The molecule has 0 radical (unpaired) electrons. The summed E-state index contributed by atoms with van der Waals surface area (Å²) in [5, 5.41) is 20.2. The molecule has 0 aromatic heterocycles. The summed E-state index contributed by atoms with van der Waals surface area (Å²) in [5.41, 5.74) is 0. The largest absolute Gasteiger partial charge is 0.315 e. The van der Waals surface area contributed by atoms with E-state index in [-0.39, 0.29) is 25.0 Å². The highest BCUT2D eigenvalue weighted by Crippen LogP contribution is 2.09. The Morgan fingerprint density at radius 2 is 2.00 bits per heavy atom. The highest BCUT2D eigenvalue weighted by Gasteiger charge is 2.25. The number of carbonyl (C=O) groups is 1. The van der Waals surface area contributed by atoms with Gasteiger partial charge in [-0.05, 0) is 19.4 Å². The Morgan fingerprint density at radius 1 is 1.33 bits per heavy atom. The summed E-state index contributed by atoms with van der Waals surface area (Å²) < 4.78 is 0. The third-order valence-corrected chi connectivity index (χ3v) is 2.44. The third-order valence-electron chi connectivity index (χ3n) is 2.44. The Labute approximate surface area is 89.3 Å². The van der Waals surface area contributed by atoms with Crippen molar-refractivity contribution < 1.29 is 4.79 Å². The van der Waals surface area contributed by atoms with E-state index in [0.717, 1.165) is 25.8 Å². The number of hydrogen-bond acceptors (Lipinski definition) is 4. The molecular weight excluding hydrogens is 192 g/mol. The third kappa shape index (κ3) is 3.23. The standard InChI is InChI=1S/C10H14N4O/c11-4-7-14(8-5-12)10(15)9-3-1-2-6-13-9/h9,13H,1-3,6-8H2. The van der Waals surface area contributed by atoms with Gasteiger partial charge in [-0.25, -0.2) is 0 Å². The first-order valence-electron chi connectivity index (χ1n) is 5.05. The minimum absolute atomic E-state index is 0.00935. The van der Waals surface area contributed by atoms with E-state index >= 15 is 0 Å². The molecule has 1 amide bonds. The average Bonchev–Trinajstić information content (AvgIpc) is 2.29. The van der Waals surface area contributed by atoms with Gasteiger partial charge in [0.15, 0.2) is 0 Å². The minimum Gasteiger partial charge on any atom is -0.315 e. The predicted molar refractivity (Wildman–Crippen MR) is 53.4 cm³/mol. The fraction of sp³-hybridized carbons (Fsp3) is 0.700. The maximum atomic E-state index is 11.8. The highest BCUT2D eigenvalue weighted by molar-refractivity contribution is 5.82. The molecule has 0 bridgehead atoms. The molecule has 0 aromatic rings. The molecule has 0 saturated carbocycles. The number of nitrogens with zero attached hydrogens (tertiary/aromatic N) is 3. The van der Waals surface area contributed by atoms with Crippen LogP contribution in [0.3, 0.4) is 0 Å². The molecule has 1 saturated heterocycles. The van der Waals surface area contributed by atoms with Gasteiger partial charge in [-0.1, -0.05) is 6.42 Å². The molecule has 1 aliphatic heterocycles. The summed E-state index contributed by atoms with van der Waals surface area (Å²) in [6, 6.07) is 3.59. The van der Waals surface area contributed by atoms with Crippen molar-refractivity contribution >= 4 is 5.91 Å². The van der Waals surface area contributed by atoms with E-state index in [0.29, 0.717) is 0 Å². The Hall–Kier alpha value is -1.59. The molecule has 0 spiro atoms. The van der Waals surface area contributed by atoms with Crippen molar-refractivity contribution in [1.82, 2.24) is 10.2 Å². The van der Waals surface area contributed by atoms with Crippen LogP contribution in [0.1, 0.15) is 19.3 Å². The van der Waals surface area contributed by atoms with E-state index in [1.165, 1.54) is 4.90 Å². The maximum Gasteiger partial charge on any atom is 0.241 e. The van der Waals surface area contributed by atoms with Gasteiger partial charge in [0.05, 0.1) is 18.2 Å². The van der Waals surface area contributed by atoms with Crippen LogP contribution < -0.4 is 5.32 Å². The normalized spacial score (nSPS) is 20.0. The van der Waals surface area contributed by atoms with Gasteiger partial charge in [0.1, 0.15) is 13.1 Å². The first kappa shape index (κ1) is 11.5. The molecule has 1 unspecified atom stereocenters. The second kappa shape index (κ2) is 6.00. The number of nitriles is 2. The lowest BCUT2D eigenvalue weighted by Crippen LogP contribution is -2.48. The minimum atomic E-state index is -0.208. The van der Waals surface area contributed by atoms with Gasteiger partial charge in [-0.3, -0.25) is 4.79 Å². The van der Waals surface area contributed by atoms with E-state index in [2.05, 4.69) is 5.32 Å². The summed E-state index contributed by atoms with van der Waals surface area (Å²) in [5.74, 6) is -0.127. The number of amides is 1. The lowest BCUT2D eigenvalue weighted by molar-refractivity contribution is -0.132. The van der Waals surface area contributed by atoms with E-state index in [9.17, 15) is 4.79 Å². The fourth-order valence-electron chi connectivity index (χ4n) is 1.67. The van der Waals surface area contributed by atoms with Crippen molar-refractivity contribution in [2.75, 3.05) is 19.6 Å². The van der Waals surface area contributed by atoms with Crippen LogP contribution in [0.15, 0.2) is 0 Å². The van der Waals surface area contributed by atoms with Gasteiger partial charge < -0.3 is 10.2 Å². The molecule has 0 aromatic carbocycles. The lowest BCUT2D eigenvalue weighted by Gasteiger charge is -2.27. The molecule has 15 heavy (non-hydrogen) atoms. The van der Waals surface area contributed by atoms with Gasteiger partial charge >= 0.3 is 0 Å². The van der Waals surface area contributed by atoms with Crippen LogP contribution in [0.5, 0.6) is 0 Å². The van der Waals surface area contributed by atoms with Crippen LogP contribution in [-0.2, 0) is 4.79 Å². The van der Waals surface area contributed by atoms with E-state index < -0.39 is 0 Å². The number of rotatable bonds is 3. The zero-order chi connectivity index (χ0) is 11.1. The molecule has 80 valence electrons. The second-order valence-corrected chi connectivity index (χ2v) is 3.51. The molecule has 1 rings (SSSR count). The highest BCUT2D eigenvalue weighted by atomic mass is 16.2. The Kier molecular flexibility index (Phi) is 4.59. The van der Waals surface area contributed by atoms with Crippen molar-refractivity contribution in [1.29, 1.82) is 10.5 Å². The maximum absolute atomic E-state index is 11.8. The monoisotopic (exact) mass is 206 g/mol. The Balaban J connectivity index is 2.54. The molecule has 0 aliphatic carbocycles. The summed E-state index contributed by atoms with van der Waals surface area (Å²) in [4.78, 5) is 13.1. The van der Waals surface area contributed by atoms with E-state index in [1.54, 1.807) is 0 Å². The fourth-order valence-corrected chi connectivity index (χ4v) is 1.67. The van der Waals surface area contributed by atoms with Crippen LogP contribution in [0, 0.1) is 22.7 Å². The zero-order valence-corrected chi connectivity index (χ0v) is 8.57. The van der Waals surface area contributed by atoms with Crippen LogP contribution in [0.25, 0.3) is 0 Å².